The Morgan fingerprint density at radius 3 is 2.61 bits per heavy atom. The monoisotopic (exact) mass is 317 g/mol. The number of nitrogens with zero attached hydrogens (tertiary/aromatic N) is 3. The normalized spacial score (nSPS) is 12.8. The van der Waals surface area contributed by atoms with E-state index in [1.165, 1.54) is 16.8 Å². The summed E-state index contributed by atoms with van der Waals surface area (Å²) in [6, 6.07) is 10.4. The lowest BCUT2D eigenvalue weighted by Gasteiger charge is -2.20. The van der Waals surface area contributed by atoms with Gasteiger partial charge in [-0.05, 0) is 26.5 Å². The molecule has 0 amide bonds. The molecule has 0 fully saturated rings. The number of hydrogen-bond acceptors (Lipinski definition) is 4. The Labute approximate surface area is 138 Å². The molecule has 23 heavy (non-hydrogen) atoms. The van der Waals surface area contributed by atoms with Crippen molar-refractivity contribution < 1.29 is 9.84 Å². The van der Waals surface area contributed by atoms with Crippen molar-refractivity contribution in [1.29, 1.82) is 0 Å². The van der Waals surface area contributed by atoms with Crippen molar-refractivity contribution >= 4 is 0 Å². The summed E-state index contributed by atoms with van der Waals surface area (Å²) >= 11 is 0. The van der Waals surface area contributed by atoms with Crippen LogP contribution >= 0.6 is 0 Å². The summed E-state index contributed by atoms with van der Waals surface area (Å²) in [6.07, 6.45) is -0.468. The Kier molecular flexibility index (Phi) is 6.33. The smallest absolute Gasteiger partial charge is 0.0900 e. The SMILES string of the molecule is COCC(O)CN(C)Cc1c(C)nn(Cc2ccccc2)c1C. The second-order valence-corrected chi connectivity index (χ2v) is 6.10. The molecule has 5 nitrogen and oxygen atoms in total. The molecule has 1 atom stereocenters. The van der Waals surface area contributed by atoms with E-state index < -0.39 is 6.10 Å². The summed E-state index contributed by atoms with van der Waals surface area (Å²) in [5.41, 5.74) is 4.70. The zero-order valence-electron chi connectivity index (χ0n) is 14.5. The Morgan fingerprint density at radius 1 is 1.26 bits per heavy atom. The van der Waals surface area contributed by atoms with Crippen LogP contribution in [-0.2, 0) is 17.8 Å². The summed E-state index contributed by atoms with van der Waals surface area (Å²) in [5, 5.41) is 14.5. The second-order valence-electron chi connectivity index (χ2n) is 6.10. The third-order valence-corrected chi connectivity index (χ3v) is 4.02. The van der Waals surface area contributed by atoms with Crippen LogP contribution in [0.5, 0.6) is 0 Å². The molecule has 1 aromatic heterocycles. The maximum Gasteiger partial charge on any atom is 0.0900 e. The van der Waals surface area contributed by atoms with Gasteiger partial charge in [-0.15, -0.1) is 0 Å². The lowest BCUT2D eigenvalue weighted by atomic mass is 10.1. The summed E-state index contributed by atoms with van der Waals surface area (Å²) in [7, 11) is 3.61. The fourth-order valence-electron chi connectivity index (χ4n) is 2.81. The minimum atomic E-state index is -0.468. The van der Waals surface area contributed by atoms with E-state index in [-0.39, 0.29) is 0 Å². The average Bonchev–Trinajstić information content (AvgIpc) is 2.76. The highest BCUT2D eigenvalue weighted by molar-refractivity contribution is 5.26. The molecule has 0 spiro atoms. The van der Waals surface area contributed by atoms with Crippen LogP contribution in [0.2, 0.25) is 0 Å². The molecular weight excluding hydrogens is 290 g/mol. The van der Waals surface area contributed by atoms with Crippen molar-refractivity contribution in [2.75, 3.05) is 27.3 Å². The number of aryl methyl sites for hydroxylation is 1. The maximum atomic E-state index is 9.85. The van der Waals surface area contributed by atoms with Crippen LogP contribution < -0.4 is 0 Å². The number of likely N-dealkylation sites (N-methyl/N-ethyl adjacent to an activating group) is 1. The van der Waals surface area contributed by atoms with Crippen LogP contribution in [0.3, 0.4) is 0 Å². The largest absolute Gasteiger partial charge is 0.389 e. The van der Waals surface area contributed by atoms with Crippen molar-refractivity contribution in [3.8, 4) is 0 Å². The molecule has 1 heterocycles. The van der Waals surface area contributed by atoms with Crippen LogP contribution in [0, 0.1) is 13.8 Å². The highest BCUT2D eigenvalue weighted by Crippen LogP contribution is 2.16. The highest BCUT2D eigenvalue weighted by atomic mass is 16.5. The van der Waals surface area contributed by atoms with Crippen molar-refractivity contribution in [2.45, 2.75) is 33.0 Å². The molecule has 0 aliphatic carbocycles. The van der Waals surface area contributed by atoms with Crippen LogP contribution in [0.1, 0.15) is 22.5 Å². The highest BCUT2D eigenvalue weighted by Gasteiger charge is 2.15. The number of methoxy groups -OCH3 is 1. The van der Waals surface area contributed by atoms with E-state index in [0.717, 1.165) is 18.8 Å². The van der Waals surface area contributed by atoms with Gasteiger partial charge in [-0.3, -0.25) is 9.58 Å². The van der Waals surface area contributed by atoms with Gasteiger partial charge in [0, 0.05) is 31.5 Å². The molecule has 0 radical (unpaired) electrons. The number of aliphatic hydroxyl groups excluding tert-OH is 1. The van der Waals surface area contributed by atoms with Gasteiger partial charge in [-0.1, -0.05) is 30.3 Å². The molecule has 0 aliphatic rings. The van der Waals surface area contributed by atoms with E-state index in [4.69, 9.17) is 4.74 Å². The van der Waals surface area contributed by atoms with Crippen molar-refractivity contribution in [3.63, 3.8) is 0 Å². The van der Waals surface area contributed by atoms with E-state index in [2.05, 4.69) is 33.7 Å². The van der Waals surface area contributed by atoms with Crippen molar-refractivity contribution in [2.24, 2.45) is 0 Å². The first-order valence-electron chi connectivity index (χ1n) is 7.93. The molecule has 1 unspecified atom stereocenters. The Hall–Kier alpha value is -1.69. The molecule has 1 N–H and O–H groups in total. The quantitative estimate of drug-likeness (QED) is 0.809. The number of hydrogen-bond donors (Lipinski definition) is 1. The van der Waals surface area contributed by atoms with Gasteiger partial charge in [0.05, 0.1) is 24.9 Å². The Bertz CT molecular complexity index is 610. The first-order chi connectivity index (χ1) is 11.0. The molecule has 2 rings (SSSR count). The van der Waals surface area contributed by atoms with Gasteiger partial charge in [0.15, 0.2) is 0 Å². The number of rotatable bonds is 8. The van der Waals surface area contributed by atoms with Crippen molar-refractivity contribution in [1.82, 2.24) is 14.7 Å². The van der Waals surface area contributed by atoms with Gasteiger partial charge in [0.1, 0.15) is 0 Å². The summed E-state index contributed by atoms with van der Waals surface area (Å²) < 4.78 is 7.03. The lowest BCUT2D eigenvalue weighted by molar-refractivity contribution is 0.0418. The molecule has 0 aliphatic heterocycles. The van der Waals surface area contributed by atoms with Crippen molar-refractivity contribution in [3.05, 3.63) is 52.8 Å². The van der Waals surface area contributed by atoms with Crippen LogP contribution in [-0.4, -0.2) is 53.2 Å². The molecule has 5 heteroatoms. The number of aromatic nitrogens is 2. The predicted molar refractivity (Wildman–Crippen MR) is 91.5 cm³/mol. The summed E-state index contributed by atoms with van der Waals surface area (Å²) in [6.45, 7) is 6.64. The van der Waals surface area contributed by atoms with Gasteiger partial charge in [0.2, 0.25) is 0 Å². The topological polar surface area (TPSA) is 50.5 Å². The first-order valence-corrected chi connectivity index (χ1v) is 7.93. The third-order valence-electron chi connectivity index (χ3n) is 4.02. The molecule has 0 saturated carbocycles. The van der Waals surface area contributed by atoms with Crippen LogP contribution in [0.4, 0.5) is 0 Å². The summed E-state index contributed by atoms with van der Waals surface area (Å²) in [5.74, 6) is 0. The second kappa shape index (κ2) is 8.24. The van der Waals surface area contributed by atoms with E-state index >= 15 is 0 Å². The van der Waals surface area contributed by atoms with Crippen LogP contribution in [0.15, 0.2) is 30.3 Å². The van der Waals surface area contributed by atoms with Crippen LogP contribution in [0.25, 0.3) is 0 Å². The maximum absolute atomic E-state index is 9.85. The van der Waals surface area contributed by atoms with E-state index in [0.29, 0.717) is 13.2 Å². The molecule has 0 saturated heterocycles. The Morgan fingerprint density at radius 2 is 1.96 bits per heavy atom. The molecule has 2 aromatic rings. The van der Waals surface area contributed by atoms with E-state index in [1.54, 1.807) is 7.11 Å². The average molecular weight is 317 g/mol. The van der Waals surface area contributed by atoms with E-state index in [9.17, 15) is 5.11 Å². The number of ether oxygens (including phenoxy) is 1. The van der Waals surface area contributed by atoms with Gasteiger partial charge < -0.3 is 9.84 Å². The zero-order valence-corrected chi connectivity index (χ0v) is 14.5. The zero-order chi connectivity index (χ0) is 16.8. The molecule has 0 bridgehead atoms. The van der Waals surface area contributed by atoms with Gasteiger partial charge in [-0.25, -0.2) is 0 Å². The minimum absolute atomic E-state index is 0.357. The fourth-order valence-corrected chi connectivity index (χ4v) is 2.81. The van der Waals surface area contributed by atoms with E-state index in [1.807, 2.05) is 32.2 Å². The molecule has 126 valence electrons. The summed E-state index contributed by atoms with van der Waals surface area (Å²) in [4.78, 5) is 2.10. The van der Waals surface area contributed by atoms with Gasteiger partial charge in [-0.2, -0.15) is 5.10 Å². The standard InChI is InChI=1S/C18H27N3O2/c1-14-18(12-20(3)11-17(22)13-23-4)15(2)21(19-14)10-16-8-6-5-7-9-16/h5-9,17,22H,10-13H2,1-4H3. The lowest BCUT2D eigenvalue weighted by Crippen LogP contribution is -2.31. The molecule has 1 aromatic carbocycles. The third kappa shape index (κ3) is 4.89. The van der Waals surface area contributed by atoms with Gasteiger partial charge >= 0.3 is 0 Å². The number of benzene rings is 1. The minimum Gasteiger partial charge on any atom is -0.389 e. The predicted octanol–water partition coefficient (Wildman–Crippen LogP) is 1.99. The fraction of sp³-hybridized carbons (Fsp3) is 0.500. The molecular formula is C18H27N3O2. The number of aliphatic hydroxyl groups is 1. The van der Waals surface area contributed by atoms with Gasteiger partial charge in [0.25, 0.3) is 0 Å². The Balaban J connectivity index is 2.05. The first kappa shape index (κ1) is 17.7.